The number of nitrogens with zero attached hydrogens (tertiary/aromatic N) is 4. The van der Waals surface area contributed by atoms with Gasteiger partial charge in [-0.3, -0.25) is 15.0 Å². The first-order valence-corrected chi connectivity index (χ1v) is 10.3. The van der Waals surface area contributed by atoms with Crippen LogP contribution in [0.3, 0.4) is 0 Å². The lowest BCUT2D eigenvalue weighted by Gasteiger charge is -2.41. The van der Waals surface area contributed by atoms with E-state index in [0.717, 1.165) is 63.1 Å². The van der Waals surface area contributed by atoms with E-state index in [0.29, 0.717) is 6.04 Å². The monoisotopic (exact) mass is 390 g/mol. The smallest absolute Gasteiger partial charge is 0.269 e. The van der Waals surface area contributed by atoms with Gasteiger partial charge in [-0.15, -0.1) is 0 Å². The number of nitro benzene ring substituents is 1. The second-order valence-electron chi connectivity index (χ2n) is 8.04. The number of rotatable bonds is 5. The molecule has 2 aromatic carbocycles. The van der Waals surface area contributed by atoms with Crippen LogP contribution in [0.15, 0.2) is 42.5 Å². The zero-order valence-corrected chi connectivity index (χ0v) is 16.6. The number of hydrogen-bond acceptors (Lipinski definition) is 5. The Morgan fingerprint density at radius 1 is 1.07 bits per heavy atom. The average Bonchev–Trinajstić information content (AvgIpc) is 2.77. The average molecular weight is 390 g/mol. The van der Waals surface area contributed by atoms with Gasteiger partial charge in [0.15, 0.2) is 0 Å². The molecule has 0 radical (unpaired) electrons. The van der Waals surface area contributed by atoms with Gasteiger partial charge >= 0.3 is 0 Å². The van der Waals surface area contributed by atoms with E-state index in [-0.39, 0.29) is 10.6 Å². The number of benzene rings is 2. The lowest BCUT2D eigenvalue weighted by atomic mass is 9.86. The Labute approximate surface area is 171 Å². The molecule has 1 aliphatic carbocycles. The summed E-state index contributed by atoms with van der Waals surface area (Å²) in [5.41, 5.74) is 4.82. The van der Waals surface area contributed by atoms with Crippen molar-refractivity contribution in [1.29, 1.82) is 5.26 Å². The molecule has 2 aliphatic rings. The third-order valence-electron chi connectivity index (χ3n) is 6.32. The van der Waals surface area contributed by atoms with Crippen LogP contribution in [0.2, 0.25) is 0 Å². The van der Waals surface area contributed by atoms with Crippen LogP contribution in [0.25, 0.3) is 0 Å². The first-order valence-electron chi connectivity index (χ1n) is 10.3. The first kappa shape index (κ1) is 19.6. The predicted octanol–water partition coefficient (Wildman–Crippen LogP) is 3.18. The topological polar surface area (TPSA) is 73.4 Å². The van der Waals surface area contributed by atoms with Crippen LogP contribution >= 0.6 is 0 Å². The molecule has 1 aliphatic heterocycles. The molecule has 0 amide bonds. The van der Waals surface area contributed by atoms with Crippen molar-refractivity contribution < 1.29 is 4.92 Å². The van der Waals surface area contributed by atoms with E-state index in [1.54, 1.807) is 12.1 Å². The molecule has 0 aromatic heterocycles. The number of non-ortho nitro benzene ring substituents is 1. The Bertz CT molecular complexity index is 911. The van der Waals surface area contributed by atoms with Gasteiger partial charge in [0, 0.05) is 50.9 Å². The summed E-state index contributed by atoms with van der Waals surface area (Å²) in [4.78, 5) is 15.5. The van der Waals surface area contributed by atoms with Gasteiger partial charge in [0.05, 0.1) is 16.6 Å². The molecule has 0 bridgehead atoms. The van der Waals surface area contributed by atoms with E-state index < -0.39 is 0 Å². The number of piperazine rings is 1. The van der Waals surface area contributed by atoms with E-state index in [1.165, 1.54) is 17.5 Å². The van der Waals surface area contributed by atoms with Crippen molar-refractivity contribution in [2.24, 2.45) is 0 Å². The van der Waals surface area contributed by atoms with Crippen LogP contribution < -0.4 is 0 Å². The van der Waals surface area contributed by atoms with Crippen molar-refractivity contribution in [3.63, 3.8) is 0 Å². The maximum absolute atomic E-state index is 10.8. The Balaban J connectivity index is 1.25. The molecule has 2 aromatic rings. The van der Waals surface area contributed by atoms with Crippen molar-refractivity contribution in [3.8, 4) is 6.07 Å². The normalized spacial score (nSPS) is 20.0. The van der Waals surface area contributed by atoms with Crippen LogP contribution in [0, 0.1) is 21.4 Å². The molecule has 1 saturated heterocycles. The number of fused-ring (bicyclic) bond motifs is 1. The molecule has 1 fully saturated rings. The van der Waals surface area contributed by atoms with Gasteiger partial charge in [0.25, 0.3) is 5.69 Å². The van der Waals surface area contributed by atoms with E-state index >= 15 is 0 Å². The van der Waals surface area contributed by atoms with E-state index in [4.69, 9.17) is 5.26 Å². The molecule has 29 heavy (non-hydrogen) atoms. The molecular formula is C23H26N4O2. The third kappa shape index (κ3) is 4.64. The summed E-state index contributed by atoms with van der Waals surface area (Å²) in [6, 6.07) is 15.9. The maximum atomic E-state index is 10.8. The van der Waals surface area contributed by atoms with E-state index in [2.05, 4.69) is 28.0 Å². The minimum atomic E-state index is -0.352. The summed E-state index contributed by atoms with van der Waals surface area (Å²) in [6.07, 6.45) is 4.25. The molecule has 6 nitrogen and oxygen atoms in total. The summed E-state index contributed by atoms with van der Waals surface area (Å²) >= 11 is 0. The molecule has 1 heterocycles. The molecule has 0 unspecified atom stereocenters. The Morgan fingerprint density at radius 2 is 1.83 bits per heavy atom. The summed E-state index contributed by atoms with van der Waals surface area (Å²) in [5.74, 6) is 0. The zero-order valence-electron chi connectivity index (χ0n) is 16.6. The van der Waals surface area contributed by atoms with Crippen LogP contribution in [0.4, 0.5) is 5.69 Å². The summed E-state index contributed by atoms with van der Waals surface area (Å²) in [5, 5.41) is 19.8. The van der Waals surface area contributed by atoms with Crippen molar-refractivity contribution in [2.75, 3.05) is 32.7 Å². The maximum Gasteiger partial charge on any atom is 0.269 e. The highest BCUT2D eigenvalue weighted by atomic mass is 16.6. The number of nitriles is 1. The van der Waals surface area contributed by atoms with Gasteiger partial charge in [-0.2, -0.15) is 5.26 Å². The third-order valence-corrected chi connectivity index (χ3v) is 6.32. The Morgan fingerprint density at radius 3 is 2.52 bits per heavy atom. The highest BCUT2D eigenvalue weighted by Crippen LogP contribution is 2.26. The van der Waals surface area contributed by atoms with Crippen LogP contribution in [0.5, 0.6) is 0 Å². The zero-order chi connectivity index (χ0) is 20.2. The predicted molar refractivity (Wildman–Crippen MR) is 112 cm³/mol. The number of nitro groups is 1. The first-order chi connectivity index (χ1) is 14.1. The van der Waals surface area contributed by atoms with Gasteiger partial charge in [-0.1, -0.05) is 18.2 Å². The van der Waals surface area contributed by atoms with Gasteiger partial charge < -0.3 is 4.90 Å². The van der Waals surface area contributed by atoms with Gasteiger partial charge in [0.1, 0.15) is 0 Å². The second kappa shape index (κ2) is 8.73. The standard InChI is InChI=1S/C23H26N4O2/c24-17-19-1-4-21-16-23(8-5-20(21)15-19)26-13-11-25(12-14-26)10-9-18-2-6-22(7-3-18)27(28)29/h1-4,6-7,15,23H,5,8-14,16H2/t23-/m0/s1. The van der Waals surface area contributed by atoms with Crippen LogP contribution in [-0.2, 0) is 19.3 Å². The Hall–Kier alpha value is -2.75. The van der Waals surface area contributed by atoms with Crippen molar-refractivity contribution in [1.82, 2.24) is 9.80 Å². The summed E-state index contributed by atoms with van der Waals surface area (Å²) in [7, 11) is 0. The fourth-order valence-corrected chi connectivity index (χ4v) is 4.54. The quantitative estimate of drug-likeness (QED) is 0.579. The highest BCUT2D eigenvalue weighted by molar-refractivity contribution is 5.40. The minimum absolute atomic E-state index is 0.153. The fourth-order valence-electron chi connectivity index (χ4n) is 4.54. The Kier molecular flexibility index (Phi) is 5.89. The molecular weight excluding hydrogens is 364 g/mol. The molecule has 0 N–H and O–H groups in total. The summed E-state index contributed by atoms with van der Waals surface area (Å²) in [6.45, 7) is 5.33. The molecule has 0 saturated carbocycles. The lowest BCUT2D eigenvalue weighted by molar-refractivity contribution is -0.384. The minimum Gasteiger partial charge on any atom is -0.300 e. The van der Waals surface area contributed by atoms with Crippen molar-refractivity contribution >= 4 is 5.69 Å². The highest BCUT2D eigenvalue weighted by Gasteiger charge is 2.27. The molecule has 6 heteroatoms. The fraction of sp³-hybridized carbons (Fsp3) is 0.435. The van der Waals surface area contributed by atoms with E-state index in [1.807, 2.05) is 18.2 Å². The largest absolute Gasteiger partial charge is 0.300 e. The molecule has 150 valence electrons. The number of hydrogen-bond donors (Lipinski definition) is 0. The SMILES string of the molecule is N#Cc1ccc2c(c1)CC[C@H](N1CCN(CCc3ccc([N+](=O)[O-])cc3)CC1)C2. The van der Waals surface area contributed by atoms with E-state index in [9.17, 15) is 10.1 Å². The second-order valence-corrected chi connectivity index (χ2v) is 8.04. The molecule has 1 atom stereocenters. The van der Waals surface area contributed by atoms with Crippen LogP contribution in [0.1, 0.15) is 28.7 Å². The number of aryl methyl sites for hydroxylation is 1. The van der Waals surface area contributed by atoms with Crippen molar-refractivity contribution in [3.05, 3.63) is 74.8 Å². The molecule has 0 spiro atoms. The molecule has 4 rings (SSSR count). The van der Waals surface area contributed by atoms with Gasteiger partial charge in [-0.05, 0) is 54.5 Å². The lowest BCUT2D eigenvalue weighted by Crippen LogP contribution is -2.52. The van der Waals surface area contributed by atoms with Gasteiger partial charge in [-0.25, -0.2) is 0 Å². The summed E-state index contributed by atoms with van der Waals surface area (Å²) < 4.78 is 0. The van der Waals surface area contributed by atoms with Gasteiger partial charge in [0.2, 0.25) is 0 Å². The van der Waals surface area contributed by atoms with Crippen LogP contribution in [-0.4, -0.2) is 53.5 Å². The van der Waals surface area contributed by atoms with Crippen molar-refractivity contribution in [2.45, 2.75) is 31.7 Å².